The molecule has 0 fully saturated rings. The van der Waals surface area contributed by atoms with Gasteiger partial charge < -0.3 is 9.52 Å². The standard InChI is InChI=1S/C29H21N3O4S2/c1-17-11-13-18(14-12-17)16-37-29-31-30-28(38-29)32-24(19-7-3-2-4-8-19)23(26(34)27(32)35)25(33)22-15-20-9-5-6-10-21(20)36-22/h2-15,24,34H,16H2,1H3. The van der Waals surface area contributed by atoms with E-state index in [1.165, 1.54) is 33.6 Å². The average molecular weight is 540 g/mol. The van der Waals surface area contributed by atoms with Crippen LogP contribution in [0.4, 0.5) is 5.13 Å². The number of furan rings is 1. The van der Waals surface area contributed by atoms with Gasteiger partial charge in [0.05, 0.1) is 11.6 Å². The Labute approximate surface area is 226 Å². The van der Waals surface area contributed by atoms with Crippen molar-refractivity contribution in [1.82, 2.24) is 10.2 Å². The van der Waals surface area contributed by atoms with Crippen LogP contribution in [0.3, 0.4) is 0 Å². The molecule has 1 aliphatic heterocycles. The molecule has 3 aromatic carbocycles. The van der Waals surface area contributed by atoms with Gasteiger partial charge in [-0.15, -0.1) is 10.2 Å². The van der Waals surface area contributed by atoms with Gasteiger partial charge in [0, 0.05) is 11.1 Å². The summed E-state index contributed by atoms with van der Waals surface area (Å²) in [6.07, 6.45) is 0. The van der Waals surface area contributed by atoms with E-state index in [0.29, 0.717) is 26.4 Å². The molecule has 38 heavy (non-hydrogen) atoms. The van der Waals surface area contributed by atoms with Crippen molar-refractivity contribution < 1.29 is 19.1 Å². The minimum Gasteiger partial charge on any atom is -0.503 e. The highest BCUT2D eigenvalue weighted by Gasteiger charge is 2.46. The van der Waals surface area contributed by atoms with Gasteiger partial charge in [-0.3, -0.25) is 14.5 Å². The third kappa shape index (κ3) is 4.40. The van der Waals surface area contributed by atoms with Crippen LogP contribution in [0.2, 0.25) is 0 Å². The molecule has 0 aliphatic carbocycles. The molecule has 3 heterocycles. The van der Waals surface area contributed by atoms with Crippen LogP contribution in [0.1, 0.15) is 33.3 Å². The lowest BCUT2D eigenvalue weighted by atomic mass is 9.95. The second-order valence-electron chi connectivity index (χ2n) is 8.85. The fourth-order valence-electron chi connectivity index (χ4n) is 4.40. The van der Waals surface area contributed by atoms with Crippen molar-refractivity contribution in [3.05, 3.63) is 119 Å². The number of aromatic nitrogens is 2. The fraction of sp³-hybridized carbons (Fsp3) is 0.103. The number of carbonyl (C=O) groups excluding carboxylic acids is 2. The number of anilines is 1. The topological polar surface area (TPSA) is 96.5 Å². The smallest absolute Gasteiger partial charge is 0.296 e. The molecule has 1 unspecified atom stereocenters. The van der Waals surface area contributed by atoms with Crippen LogP contribution >= 0.6 is 23.1 Å². The Balaban J connectivity index is 1.34. The maximum Gasteiger partial charge on any atom is 0.296 e. The Morgan fingerprint density at radius 2 is 1.76 bits per heavy atom. The summed E-state index contributed by atoms with van der Waals surface area (Å²) >= 11 is 2.76. The molecular formula is C29H21N3O4S2. The second-order valence-corrected chi connectivity index (χ2v) is 11.0. The molecule has 1 aliphatic rings. The molecular weight excluding hydrogens is 518 g/mol. The molecule has 1 amide bonds. The van der Waals surface area contributed by atoms with Gasteiger partial charge >= 0.3 is 0 Å². The highest BCUT2D eigenvalue weighted by molar-refractivity contribution is 8.00. The summed E-state index contributed by atoms with van der Waals surface area (Å²) in [5, 5.41) is 20.6. The van der Waals surface area contributed by atoms with Crippen LogP contribution in [0.5, 0.6) is 0 Å². The lowest BCUT2D eigenvalue weighted by Crippen LogP contribution is -2.31. The number of aryl methyl sites for hydroxylation is 1. The van der Waals surface area contributed by atoms with Crippen LogP contribution in [-0.2, 0) is 10.5 Å². The summed E-state index contributed by atoms with van der Waals surface area (Å²) in [5.74, 6) is -1.13. The van der Waals surface area contributed by atoms with Crippen molar-refractivity contribution in [1.29, 1.82) is 0 Å². The van der Waals surface area contributed by atoms with Gasteiger partial charge in [0.25, 0.3) is 5.91 Å². The summed E-state index contributed by atoms with van der Waals surface area (Å²) in [5.41, 5.74) is 3.50. The first kappa shape index (κ1) is 24.1. The number of hydrogen-bond acceptors (Lipinski definition) is 8. The van der Waals surface area contributed by atoms with Crippen LogP contribution in [0, 0.1) is 6.92 Å². The van der Waals surface area contributed by atoms with Crippen LogP contribution in [-0.4, -0.2) is 27.0 Å². The van der Waals surface area contributed by atoms with E-state index in [4.69, 9.17) is 4.42 Å². The van der Waals surface area contributed by atoms with Gasteiger partial charge in [0.2, 0.25) is 10.9 Å². The Hall–Kier alpha value is -4.21. The Kier molecular flexibility index (Phi) is 6.30. The summed E-state index contributed by atoms with van der Waals surface area (Å²) in [7, 11) is 0. The number of benzene rings is 3. The van der Waals surface area contributed by atoms with Gasteiger partial charge in [-0.1, -0.05) is 101 Å². The van der Waals surface area contributed by atoms with E-state index in [0.717, 1.165) is 10.9 Å². The summed E-state index contributed by atoms with van der Waals surface area (Å²) in [6.45, 7) is 2.04. The molecule has 0 saturated carbocycles. The van der Waals surface area contributed by atoms with Crippen molar-refractivity contribution in [2.24, 2.45) is 0 Å². The van der Waals surface area contributed by atoms with Crippen LogP contribution < -0.4 is 4.90 Å². The molecule has 6 rings (SSSR count). The minimum atomic E-state index is -0.882. The summed E-state index contributed by atoms with van der Waals surface area (Å²) in [4.78, 5) is 28.4. The number of amides is 1. The monoisotopic (exact) mass is 539 g/mol. The first-order valence-electron chi connectivity index (χ1n) is 11.9. The van der Waals surface area contributed by atoms with E-state index in [1.54, 1.807) is 12.1 Å². The number of carbonyl (C=O) groups is 2. The van der Waals surface area contributed by atoms with E-state index in [1.807, 2.05) is 55.5 Å². The van der Waals surface area contributed by atoms with Crippen molar-refractivity contribution in [3.8, 4) is 0 Å². The highest BCUT2D eigenvalue weighted by atomic mass is 32.2. The fourth-order valence-corrected chi connectivity index (χ4v) is 6.22. The second kappa shape index (κ2) is 9.92. The predicted octanol–water partition coefficient (Wildman–Crippen LogP) is 6.67. The molecule has 1 N–H and O–H groups in total. The number of nitrogens with zero attached hydrogens (tertiary/aromatic N) is 3. The van der Waals surface area contributed by atoms with Gasteiger partial charge in [-0.05, 0) is 30.2 Å². The molecule has 9 heteroatoms. The molecule has 5 aromatic rings. The zero-order valence-corrected chi connectivity index (χ0v) is 21.8. The van der Waals surface area contributed by atoms with Crippen molar-refractivity contribution in [2.75, 3.05) is 4.90 Å². The summed E-state index contributed by atoms with van der Waals surface area (Å²) in [6, 6.07) is 25.4. The van der Waals surface area contributed by atoms with Crippen LogP contribution in [0.15, 0.2) is 105 Å². The molecule has 7 nitrogen and oxygen atoms in total. The number of para-hydroxylation sites is 1. The number of hydrogen-bond donors (Lipinski definition) is 1. The highest BCUT2D eigenvalue weighted by Crippen LogP contribution is 2.44. The zero-order valence-electron chi connectivity index (χ0n) is 20.2. The molecule has 0 bridgehead atoms. The number of thioether (sulfide) groups is 1. The van der Waals surface area contributed by atoms with Crippen molar-refractivity contribution in [3.63, 3.8) is 0 Å². The molecule has 2 aromatic heterocycles. The lowest BCUT2D eigenvalue weighted by Gasteiger charge is -2.23. The minimum absolute atomic E-state index is 0.0509. The Bertz CT molecular complexity index is 1660. The average Bonchev–Trinajstić information content (AvgIpc) is 3.65. The molecule has 188 valence electrons. The van der Waals surface area contributed by atoms with E-state index < -0.39 is 23.5 Å². The Morgan fingerprint density at radius 1 is 1.03 bits per heavy atom. The van der Waals surface area contributed by atoms with Crippen molar-refractivity contribution in [2.45, 2.75) is 23.1 Å². The normalized spacial score (nSPS) is 15.6. The molecule has 0 spiro atoms. The number of ketones is 1. The number of rotatable bonds is 7. The van der Waals surface area contributed by atoms with Crippen LogP contribution in [0.25, 0.3) is 11.0 Å². The largest absolute Gasteiger partial charge is 0.503 e. The van der Waals surface area contributed by atoms with Gasteiger partial charge in [0.1, 0.15) is 5.58 Å². The quantitative estimate of drug-likeness (QED) is 0.140. The van der Waals surface area contributed by atoms with Gasteiger partial charge in [-0.2, -0.15) is 0 Å². The number of Topliss-reactive ketones (excluding diaryl/α,β-unsaturated/α-hetero) is 1. The van der Waals surface area contributed by atoms with E-state index in [-0.39, 0.29) is 11.3 Å². The third-order valence-electron chi connectivity index (χ3n) is 6.30. The Morgan fingerprint density at radius 3 is 2.53 bits per heavy atom. The summed E-state index contributed by atoms with van der Waals surface area (Å²) < 4.78 is 6.46. The first-order valence-corrected chi connectivity index (χ1v) is 13.7. The van der Waals surface area contributed by atoms with E-state index >= 15 is 0 Å². The maximum atomic E-state index is 13.7. The van der Waals surface area contributed by atoms with Gasteiger partial charge in [0.15, 0.2) is 15.9 Å². The molecule has 0 saturated heterocycles. The van der Waals surface area contributed by atoms with Crippen molar-refractivity contribution >= 4 is 50.9 Å². The number of fused-ring (bicyclic) bond motifs is 1. The number of aliphatic hydroxyl groups excluding tert-OH is 1. The lowest BCUT2D eigenvalue weighted by molar-refractivity contribution is -0.117. The SMILES string of the molecule is Cc1ccc(CSc2nnc(N3C(=O)C(O)=C(C(=O)c4cc5ccccc5o4)C3c3ccccc3)s2)cc1. The molecule has 1 atom stereocenters. The van der Waals surface area contributed by atoms with Gasteiger partial charge in [-0.25, -0.2) is 0 Å². The van der Waals surface area contributed by atoms with E-state index in [9.17, 15) is 14.7 Å². The van der Waals surface area contributed by atoms with E-state index in [2.05, 4.69) is 34.5 Å². The maximum absolute atomic E-state index is 13.7. The number of aliphatic hydroxyl groups is 1. The first-order chi connectivity index (χ1) is 18.5. The third-order valence-corrected chi connectivity index (χ3v) is 8.43. The molecule has 0 radical (unpaired) electrons. The zero-order chi connectivity index (χ0) is 26.2. The predicted molar refractivity (Wildman–Crippen MR) is 148 cm³/mol.